The molecule has 0 radical (unpaired) electrons. The van der Waals surface area contributed by atoms with Gasteiger partial charge in [0, 0.05) is 47.9 Å². The predicted molar refractivity (Wildman–Crippen MR) is 141 cm³/mol. The maximum atomic E-state index is 12.8. The summed E-state index contributed by atoms with van der Waals surface area (Å²) < 4.78 is 1.55. The van der Waals surface area contributed by atoms with Crippen LogP contribution in [0.25, 0.3) is 28.0 Å². The van der Waals surface area contributed by atoms with Crippen molar-refractivity contribution >= 4 is 23.3 Å². The van der Waals surface area contributed by atoms with Crippen molar-refractivity contribution in [3.8, 4) is 22.4 Å². The highest BCUT2D eigenvalue weighted by atomic mass is 16.2. The third-order valence-electron chi connectivity index (χ3n) is 7.77. The van der Waals surface area contributed by atoms with Gasteiger partial charge < -0.3 is 16.0 Å². The molecule has 3 N–H and O–H groups in total. The minimum atomic E-state index is -0.131. The predicted octanol–water partition coefficient (Wildman–Crippen LogP) is 4.29. The van der Waals surface area contributed by atoms with E-state index >= 15 is 0 Å². The largest absolute Gasteiger partial charge is 0.383 e. The molecule has 0 spiro atoms. The highest BCUT2D eigenvalue weighted by Crippen LogP contribution is 2.44. The highest BCUT2D eigenvalue weighted by Gasteiger charge is 2.44. The van der Waals surface area contributed by atoms with Crippen molar-refractivity contribution in [2.24, 2.45) is 0 Å². The zero-order chi connectivity index (χ0) is 25.7. The molecule has 2 amide bonds. The second kappa shape index (κ2) is 8.99. The zero-order valence-electron chi connectivity index (χ0n) is 20.9. The maximum absolute atomic E-state index is 12.8. The summed E-state index contributed by atoms with van der Waals surface area (Å²) in [6, 6.07) is 14.2. The molecule has 9 heteroatoms. The lowest BCUT2D eigenvalue weighted by molar-refractivity contribution is 0.101. The van der Waals surface area contributed by atoms with Crippen molar-refractivity contribution in [1.29, 1.82) is 0 Å². The number of ketones is 1. The number of hydrogen-bond acceptors (Lipinski definition) is 6. The van der Waals surface area contributed by atoms with Gasteiger partial charge in [0.25, 0.3) is 0 Å². The van der Waals surface area contributed by atoms with Crippen LogP contribution >= 0.6 is 0 Å². The Morgan fingerprint density at radius 2 is 1.73 bits per heavy atom. The number of carbonyl (C=O) groups excluding carboxylic acids is 2. The number of amides is 2. The second-order valence-corrected chi connectivity index (χ2v) is 9.92. The SMILES string of the molecule is CNC(=O)N1[C@@H]2CC[C@H]1CC(c1nc3c(-c4ccc(-c5ccccc5)nc4)cnn3c(N)c1C(C)=O)C2. The molecule has 0 saturated carbocycles. The molecule has 188 valence electrons. The molecule has 6 rings (SSSR count). The molecule has 2 aliphatic heterocycles. The average molecular weight is 496 g/mol. The smallest absolute Gasteiger partial charge is 0.317 e. The van der Waals surface area contributed by atoms with Crippen LogP contribution < -0.4 is 11.1 Å². The lowest BCUT2D eigenvalue weighted by atomic mass is 9.85. The molecule has 2 fully saturated rings. The number of fused-ring (bicyclic) bond motifs is 3. The van der Waals surface area contributed by atoms with Crippen LogP contribution in [0.2, 0.25) is 0 Å². The number of aromatic nitrogens is 4. The van der Waals surface area contributed by atoms with Crippen LogP contribution in [0.15, 0.2) is 54.9 Å². The number of hydrogen-bond donors (Lipinski definition) is 2. The Balaban J connectivity index is 1.41. The summed E-state index contributed by atoms with van der Waals surface area (Å²) in [6.45, 7) is 1.52. The molecular formula is C28H29N7O2. The first-order valence-corrected chi connectivity index (χ1v) is 12.7. The quantitative estimate of drug-likeness (QED) is 0.408. The van der Waals surface area contributed by atoms with E-state index in [0.29, 0.717) is 22.7 Å². The van der Waals surface area contributed by atoms with Crippen molar-refractivity contribution < 1.29 is 9.59 Å². The van der Waals surface area contributed by atoms with Gasteiger partial charge in [0.1, 0.15) is 5.82 Å². The summed E-state index contributed by atoms with van der Waals surface area (Å²) in [5.41, 5.74) is 11.9. The molecular weight excluding hydrogens is 466 g/mol. The number of piperidine rings is 1. The van der Waals surface area contributed by atoms with Crippen LogP contribution in [0.1, 0.15) is 54.6 Å². The molecule has 1 unspecified atom stereocenters. The maximum Gasteiger partial charge on any atom is 0.317 e. The molecule has 2 saturated heterocycles. The number of nitrogens with zero attached hydrogens (tertiary/aromatic N) is 5. The first-order valence-electron chi connectivity index (χ1n) is 12.7. The number of urea groups is 1. The van der Waals surface area contributed by atoms with Crippen LogP contribution in [0, 0.1) is 0 Å². The summed E-state index contributed by atoms with van der Waals surface area (Å²) in [7, 11) is 1.67. The molecule has 9 nitrogen and oxygen atoms in total. The third kappa shape index (κ3) is 3.82. The van der Waals surface area contributed by atoms with Gasteiger partial charge in [0.2, 0.25) is 0 Å². The summed E-state index contributed by atoms with van der Waals surface area (Å²) >= 11 is 0. The fourth-order valence-corrected chi connectivity index (χ4v) is 6.09. The molecule has 3 atom stereocenters. The molecule has 1 aromatic carbocycles. The number of anilines is 1. The van der Waals surface area contributed by atoms with Gasteiger partial charge in [0.05, 0.1) is 23.1 Å². The molecule has 37 heavy (non-hydrogen) atoms. The van der Waals surface area contributed by atoms with Gasteiger partial charge in [-0.1, -0.05) is 36.4 Å². The van der Waals surface area contributed by atoms with Gasteiger partial charge in [0.15, 0.2) is 11.4 Å². The number of rotatable bonds is 4. The van der Waals surface area contributed by atoms with Gasteiger partial charge in [-0.2, -0.15) is 9.61 Å². The summed E-state index contributed by atoms with van der Waals surface area (Å²) in [4.78, 5) is 36.9. The Hall–Kier alpha value is -4.27. The number of nitrogen functional groups attached to an aromatic ring is 1. The minimum Gasteiger partial charge on any atom is -0.383 e. The fraction of sp³-hybridized carbons (Fsp3) is 0.321. The van der Waals surface area contributed by atoms with Crippen molar-refractivity contribution in [2.75, 3.05) is 12.8 Å². The van der Waals surface area contributed by atoms with E-state index in [2.05, 4.69) is 15.4 Å². The monoisotopic (exact) mass is 495 g/mol. The van der Waals surface area contributed by atoms with Gasteiger partial charge >= 0.3 is 6.03 Å². The van der Waals surface area contributed by atoms with Crippen molar-refractivity contribution in [3.05, 3.63) is 66.1 Å². The fourth-order valence-electron chi connectivity index (χ4n) is 6.09. The molecule has 2 bridgehead atoms. The van der Waals surface area contributed by atoms with E-state index in [1.54, 1.807) is 17.8 Å². The van der Waals surface area contributed by atoms with Gasteiger partial charge in [-0.3, -0.25) is 9.78 Å². The molecule has 3 aromatic heterocycles. The van der Waals surface area contributed by atoms with E-state index in [-0.39, 0.29) is 29.8 Å². The lowest BCUT2D eigenvalue weighted by Crippen LogP contribution is -2.49. The zero-order valence-corrected chi connectivity index (χ0v) is 20.9. The van der Waals surface area contributed by atoms with Crippen molar-refractivity contribution in [1.82, 2.24) is 29.8 Å². The Labute approximate surface area is 214 Å². The van der Waals surface area contributed by atoms with E-state index < -0.39 is 0 Å². The van der Waals surface area contributed by atoms with Crippen LogP contribution in [0.3, 0.4) is 0 Å². The first kappa shape index (κ1) is 23.1. The van der Waals surface area contributed by atoms with Gasteiger partial charge in [-0.25, -0.2) is 9.78 Å². The van der Waals surface area contributed by atoms with Crippen molar-refractivity contribution in [3.63, 3.8) is 0 Å². The standard InChI is InChI=1S/C28H29N7O2/c1-16(36)24-25(19-12-20-9-10-21(13-19)34(20)28(37)30-2)33-27-22(15-32-35(27)26(24)29)18-8-11-23(31-14-18)17-6-4-3-5-7-17/h3-8,11,14-15,19-21H,9-10,12-13,29H2,1-2H3,(H,30,37)/t19?,20-,21+. The second-order valence-electron chi connectivity index (χ2n) is 9.92. The Bertz CT molecular complexity index is 1480. The molecule has 4 aromatic rings. The van der Waals surface area contributed by atoms with E-state index in [4.69, 9.17) is 10.7 Å². The first-order chi connectivity index (χ1) is 18.0. The van der Waals surface area contributed by atoms with Crippen LogP contribution in [-0.4, -0.2) is 55.4 Å². The van der Waals surface area contributed by atoms with Gasteiger partial charge in [-0.15, -0.1) is 0 Å². The van der Waals surface area contributed by atoms with E-state index in [0.717, 1.165) is 48.1 Å². The van der Waals surface area contributed by atoms with Crippen LogP contribution in [0.5, 0.6) is 0 Å². The topological polar surface area (TPSA) is 119 Å². The van der Waals surface area contributed by atoms with E-state index in [9.17, 15) is 9.59 Å². The molecule has 0 aliphatic carbocycles. The number of Topliss-reactive ketones (excluding diaryl/α,β-unsaturated/α-hetero) is 1. The number of carbonyl (C=O) groups is 2. The minimum absolute atomic E-state index is 0.0333. The van der Waals surface area contributed by atoms with Gasteiger partial charge in [-0.05, 0) is 38.7 Å². The highest BCUT2D eigenvalue weighted by molar-refractivity contribution is 6.00. The lowest BCUT2D eigenvalue weighted by Gasteiger charge is -2.38. The summed E-state index contributed by atoms with van der Waals surface area (Å²) in [6.07, 6.45) is 6.96. The number of nitrogens with two attached hydrogens (primary N) is 1. The Kier molecular flexibility index (Phi) is 5.62. The number of benzene rings is 1. The normalized spacial score (nSPS) is 20.8. The summed E-state index contributed by atoms with van der Waals surface area (Å²) in [5.74, 6) is 0.202. The van der Waals surface area contributed by atoms with Crippen molar-refractivity contribution in [2.45, 2.75) is 50.6 Å². The molecule has 5 heterocycles. The average Bonchev–Trinajstić information content (AvgIpc) is 3.46. The third-order valence-corrected chi connectivity index (χ3v) is 7.77. The molecule has 2 aliphatic rings. The van der Waals surface area contributed by atoms with Crippen LogP contribution in [0.4, 0.5) is 10.6 Å². The Morgan fingerprint density at radius 3 is 2.35 bits per heavy atom. The van der Waals surface area contributed by atoms with E-state index in [1.807, 2.05) is 53.6 Å². The number of pyridine rings is 1. The summed E-state index contributed by atoms with van der Waals surface area (Å²) in [5, 5.41) is 7.25. The number of nitrogens with one attached hydrogen (secondary N) is 1. The Morgan fingerprint density at radius 1 is 1.00 bits per heavy atom. The van der Waals surface area contributed by atoms with Crippen LogP contribution in [-0.2, 0) is 0 Å². The van der Waals surface area contributed by atoms with E-state index in [1.165, 1.54) is 6.92 Å².